The third-order valence-electron chi connectivity index (χ3n) is 2.97. The van der Waals surface area contributed by atoms with E-state index < -0.39 is 6.10 Å². The zero-order valence-corrected chi connectivity index (χ0v) is 10.1. The van der Waals surface area contributed by atoms with E-state index in [1.807, 2.05) is 42.8 Å². The maximum Gasteiger partial charge on any atom is 0.0945 e. The van der Waals surface area contributed by atoms with Crippen molar-refractivity contribution >= 4 is 0 Å². The molecule has 1 aromatic carbocycles. The Labute approximate surface area is 101 Å². The minimum Gasteiger partial charge on any atom is -0.387 e. The van der Waals surface area contributed by atoms with Crippen LogP contribution in [0.25, 0.3) is 5.69 Å². The van der Waals surface area contributed by atoms with E-state index in [2.05, 4.69) is 5.10 Å². The third-order valence-corrected chi connectivity index (χ3v) is 2.97. The summed E-state index contributed by atoms with van der Waals surface area (Å²) in [4.78, 5) is 0. The summed E-state index contributed by atoms with van der Waals surface area (Å²) in [6.07, 6.45) is 1.03. The zero-order chi connectivity index (χ0) is 12.4. The van der Waals surface area contributed by atoms with E-state index in [-0.39, 0.29) is 6.54 Å². The van der Waals surface area contributed by atoms with Crippen LogP contribution in [0.5, 0.6) is 0 Å². The van der Waals surface area contributed by atoms with Crippen molar-refractivity contribution in [3.05, 3.63) is 47.3 Å². The molecule has 0 bridgehead atoms. The van der Waals surface area contributed by atoms with Crippen molar-refractivity contribution in [2.24, 2.45) is 5.73 Å². The Balaban J connectivity index is 2.48. The van der Waals surface area contributed by atoms with Gasteiger partial charge in [-0.1, -0.05) is 18.2 Å². The Kier molecular flexibility index (Phi) is 3.26. The van der Waals surface area contributed by atoms with Gasteiger partial charge in [0.1, 0.15) is 0 Å². The SMILES string of the molecule is Cc1ccccc1-n1ncc(C(O)CN)c1C. The molecule has 1 aromatic heterocycles. The molecule has 0 aliphatic carbocycles. The van der Waals surface area contributed by atoms with Gasteiger partial charge in [-0.3, -0.25) is 0 Å². The van der Waals surface area contributed by atoms with E-state index in [0.717, 1.165) is 22.5 Å². The fourth-order valence-electron chi connectivity index (χ4n) is 1.92. The highest BCUT2D eigenvalue weighted by atomic mass is 16.3. The van der Waals surface area contributed by atoms with E-state index in [1.54, 1.807) is 6.20 Å². The Morgan fingerprint density at radius 2 is 2.06 bits per heavy atom. The molecule has 0 aliphatic rings. The second-order valence-electron chi connectivity index (χ2n) is 4.14. The number of benzene rings is 1. The van der Waals surface area contributed by atoms with E-state index >= 15 is 0 Å². The first kappa shape index (κ1) is 11.8. The number of hydrogen-bond donors (Lipinski definition) is 2. The van der Waals surface area contributed by atoms with Gasteiger partial charge in [-0.05, 0) is 25.5 Å². The van der Waals surface area contributed by atoms with Crippen LogP contribution in [0.15, 0.2) is 30.5 Å². The second-order valence-corrected chi connectivity index (χ2v) is 4.14. The fourth-order valence-corrected chi connectivity index (χ4v) is 1.92. The topological polar surface area (TPSA) is 64.1 Å². The van der Waals surface area contributed by atoms with Crippen LogP contribution in [0.3, 0.4) is 0 Å². The summed E-state index contributed by atoms with van der Waals surface area (Å²) in [5.41, 5.74) is 9.35. The van der Waals surface area contributed by atoms with E-state index in [4.69, 9.17) is 5.73 Å². The van der Waals surface area contributed by atoms with Gasteiger partial charge in [-0.2, -0.15) is 5.10 Å². The summed E-state index contributed by atoms with van der Waals surface area (Å²) in [6.45, 7) is 4.18. The van der Waals surface area contributed by atoms with E-state index in [9.17, 15) is 5.11 Å². The van der Waals surface area contributed by atoms with Crippen molar-refractivity contribution < 1.29 is 5.11 Å². The lowest BCUT2D eigenvalue weighted by atomic mass is 10.1. The number of nitrogens with two attached hydrogens (primary N) is 1. The molecule has 0 radical (unpaired) electrons. The summed E-state index contributed by atoms with van der Waals surface area (Å²) in [5, 5.41) is 14.1. The molecule has 90 valence electrons. The molecule has 0 spiro atoms. The minimum atomic E-state index is -0.646. The average molecular weight is 231 g/mol. The monoisotopic (exact) mass is 231 g/mol. The lowest BCUT2D eigenvalue weighted by Gasteiger charge is -2.10. The van der Waals surface area contributed by atoms with Gasteiger partial charge in [-0.15, -0.1) is 0 Å². The highest BCUT2D eigenvalue weighted by molar-refractivity contribution is 5.41. The van der Waals surface area contributed by atoms with Crippen LogP contribution in [-0.2, 0) is 0 Å². The molecule has 2 aromatic rings. The molecule has 0 amide bonds. The number of aliphatic hydroxyl groups is 1. The first-order valence-corrected chi connectivity index (χ1v) is 5.63. The first-order valence-electron chi connectivity index (χ1n) is 5.63. The molecule has 0 saturated carbocycles. The fraction of sp³-hybridized carbons (Fsp3) is 0.308. The zero-order valence-electron chi connectivity index (χ0n) is 10.1. The normalized spacial score (nSPS) is 12.7. The van der Waals surface area contributed by atoms with Gasteiger partial charge in [0.2, 0.25) is 0 Å². The molecule has 1 atom stereocenters. The Bertz CT molecular complexity index is 519. The highest BCUT2D eigenvalue weighted by Crippen LogP contribution is 2.21. The van der Waals surface area contributed by atoms with Gasteiger partial charge in [0.25, 0.3) is 0 Å². The van der Waals surface area contributed by atoms with Crippen molar-refractivity contribution in [2.75, 3.05) is 6.54 Å². The van der Waals surface area contributed by atoms with Crippen LogP contribution >= 0.6 is 0 Å². The van der Waals surface area contributed by atoms with Gasteiger partial charge in [0.05, 0.1) is 18.0 Å². The third kappa shape index (κ3) is 2.09. The van der Waals surface area contributed by atoms with E-state index in [0.29, 0.717) is 0 Å². The van der Waals surface area contributed by atoms with Gasteiger partial charge in [0, 0.05) is 17.8 Å². The van der Waals surface area contributed by atoms with Gasteiger partial charge >= 0.3 is 0 Å². The van der Waals surface area contributed by atoms with E-state index in [1.165, 1.54) is 0 Å². The lowest BCUT2D eigenvalue weighted by molar-refractivity contribution is 0.186. The van der Waals surface area contributed by atoms with Crippen LogP contribution in [0.1, 0.15) is 22.9 Å². The molecule has 2 rings (SSSR count). The van der Waals surface area contributed by atoms with Gasteiger partial charge in [-0.25, -0.2) is 4.68 Å². The number of aliphatic hydroxyl groups excluding tert-OH is 1. The summed E-state index contributed by atoms with van der Waals surface area (Å²) >= 11 is 0. The van der Waals surface area contributed by atoms with Crippen LogP contribution in [0.4, 0.5) is 0 Å². The highest BCUT2D eigenvalue weighted by Gasteiger charge is 2.14. The second kappa shape index (κ2) is 4.69. The standard InChI is InChI=1S/C13H17N3O/c1-9-5-3-4-6-12(9)16-10(2)11(8-15-16)13(17)7-14/h3-6,8,13,17H,7,14H2,1-2H3. The quantitative estimate of drug-likeness (QED) is 0.841. The number of rotatable bonds is 3. The van der Waals surface area contributed by atoms with Crippen LogP contribution in [0, 0.1) is 13.8 Å². The number of aryl methyl sites for hydroxylation is 1. The van der Waals surface area contributed by atoms with Crippen molar-refractivity contribution in [2.45, 2.75) is 20.0 Å². The molecular formula is C13H17N3O. The molecule has 1 heterocycles. The lowest BCUT2D eigenvalue weighted by Crippen LogP contribution is -2.12. The summed E-state index contributed by atoms with van der Waals surface area (Å²) in [7, 11) is 0. The predicted octanol–water partition coefficient (Wildman–Crippen LogP) is 1.48. The summed E-state index contributed by atoms with van der Waals surface area (Å²) in [6, 6.07) is 8.01. The van der Waals surface area contributed by atoms with Crippen LogP contribution < -0.4 is 5.73 Å². The van der Waals surface area contributed by atoms with Gasteiger partial charge in [0.15, 0.2) is 0 Å². The maximum absolute atomic E-state index is 9.76. The molecule has 3 N–H and O–H groups in total. The molecule has 4 nitrogen and oxygen atoms in total. The first-order chi connectivity index (χ1) is 8.15. The molecule has 17 heavy (non-hydrogen) atoms. The smallest absolute Gasteiger partial charge is 0.0945 e. The minimum absolute atomic E-state index is 0.209. The van der Waals surface area contributed by atoms with Crippen molar-refractivity contribution in [1.82, 2.24) is 9.78 Å². The number of para-hydroxylation sites is 1. The molecular weight excluding hydrogens is 214 g/mol. The molecule has 0 fully saturated rings. The number of hydrogen-bond acceptors (Lipinski definition) is 3. The number of nitrogens with zero attached hydrogens (tertiary/aromatic N) is 2. The van der Waals surface area contributed by atoms with Crippen molar-refractivity contribution in [3.63, 3.8) is 0 Å². The Morgan fingerprint density at radius 1 is 1.35 bits per heavy atom. The van der Waals surface area contributed by atoms with Crippen molar-refractivity contribution in [3.8, 4) is 5.69 Å². The molecule has 1 unspecified atom stereocenters. The molecule has 0 aliphatic heterocycles. The largest absolute Gasteiger partial charge is 0.387 e. The average Bonchev–Trinajstić information content (AvgIpc) is 2.71. The number of aromatic nitrogens is 2. The van der Waals surface area contributed by atoms with Crippen LogP contribution in [-0.4, -0.2) is 21.4 Å². The Morgan fingerprint density at radius 3 is 2.71 bits per heavy atom. The van der Waals surface area contributed by atoms with Crippen LogP contribution in [0.2, 0.25) is 0 Å². The van der Waals surface area contributed by atoms with Crippen molar-refractivity contribution in [1.29, 1.82) is 0 Å². The maximum atomic E-state index is 9.76. The summed E-state index contributed by atoms with van der Waals surface area (Å²) < 4.78 is 1.84. The van der Waals surface area contributed by atoms with Gasteiger partial charge < -0.3 is 10.8 Å². The molecule has 0 saturated heterocycles. The Hall–Kier alpha value is -1.65. The predicted molar refractivity (Wildman–Crippen MR) is 67.1 cm³/mol. The summed E-state index contributed by atoms with van der Waals surface area (Å²) in [5.74, 6) is 0. The molecule has 4 heteroatoms.